The first kappa shape index (κ1) is 13.8. The van der Waals surface area contributed by atoms with Gasteiger partial charge in [-0.3, -0.25) is 0 Å². The van der Waals surface area contributed by atoms with Gasteiger partial charge in [0.15, 0.2) is 0 Å². The third-order valence-electron chi connectivity index (χ3n) is 3.17. The molecule has 0 aliphatic carbocycles. The smallest absolute Gasteiger partial charge is 0.109 e. The molecule has 0 aliphatic heterocycles. The highest BCUT2D eigenvalue weighted by atomic mass is 79.9. The van der Waals surface area contributed by atoms with E-state index in [2.05, 4.69) is 37.4 Å². The van der Waals surface area contributed by atoms with Crippen molar-refractivity contribution in [1.29, 1.82) is 0 Å². The molecule has 0 amide bonds. The average Bonchev–Trinajstić information content (AvgIpc) is 2.98. The Morgan fingerprint density at radius 3 is 2.76 bits per heavy atom. The molecule has 0 saturated carbocycles. The molecule has 0 spiro atoms. The molecule has 21 heavy (non-hydrogen) atoms. The van der Waals surface area contributed by atoms with Crippen LogP contribution in [0.3, 0.4) is 0 Å². The number of rotatable bonds is 4. The lowest BCUT2D eigenvalue weighted by Crippen LogP contribution is -1.99. The lowest BCUT2D eigenvalue weighted by Gasteiger charge is -2.06. The maximum absolute atomic E-state index is 4.38. The number of nitrogens with one attached hydrogen (secondary N) is 1. The largest absolute Gasteiger partial charge is 0.380 e. The number of aryl methyl sites for hydroxylation is 1. The Labute approximate surface area is 132 Å². The summed E-state index contributed by atoms with van der Waals surface area (Å²) in [5, 5.41) is 7.74. The molecule has 0 aliphatic rings. The van der Waals surface area contributed by atoms with Gasteiger partial charge in [0.05, 0.1) is 23.8 Å². The van der Waals surface area contributed by atoms with Crippen molar-refractivity contribution in [1.82, 2.24) is 14.8 Å². The van der Waals surface area contributed by atoms with Gasteiger partial charge in [-0.05, 0) is 46.6 Å². The van der Waals surface area contributed by atoms with Crippen LogP contribution in [0.2, 0.25) is 0 Å². The summed E-state index contributed by atoms with van der Waals surface area (Å²) < 4.78 is 2.76. The summed E-state index contributed by atoms with van der Waals surface area (Å²) in [7, 11) is 0. The SMILES string of the molecule is Cc1cc(NCc2cnn(-c3ccccc3)c2)cnc1Br. The van der Waals surface area contributed by atoms with Crippen molar-refractivity contribution < 1.29 is 0 Å². The fraction of sp³-hybridized carbons (Fsp3) is 0.125. The molecular weight excluding hydrogens is 328 g/mol. The van der Waals surface area contributed by atoms with Crippen LogP contribution < -0.4 is 5.32 Å². The fourth-order valence-electron chi connectivity index (χ4n) is 2.03. The van der Waals surface area contributed by atoms with E-state index in [-0.39, 0.29) is 0 Å². The molecule has 2 heterocycles. The standard InChI is InChI=1S/C16H15BrN4/c1-12-7-14(10-19-16(12)17)18-8-13-9-20-21(11-13)15-5-3-2-4-6-15/h2-7,9-11,18H,8H2,1H3. The molecule has 1 N–H and O–H groups in total. The number of hydrogen-bond donors (Lipinski definition) is 1. The Kier molecular flexibility index (Phi) is 4.01. The summed E-state index contributed by atoms with van der Waals surface area (Å²) in [5.41, 5.74) is 4.30. The second-order valence-electron chi connectivity index (χ2n) is 4.81. The Morgan fingerprint density at radius 1 is 1.19 bits per heavy atom. The van der Waals surface area contributed by atoms with E-state index in [0.29, 0.717) is 0 Å². The van der Waals surface area contributed by atoms with Crippen molar-refractivity contribution in [2.24, 2.45) is 0 Å². The Morgan fingerprint density at radius 2 is 2.00 bits per heavy atom. The van der Waals surface area contributed by atoms with Gasteiger partial charge in [0, 0.05) is 18.3 Å². The maximum Gasteiger partial charge on any atom is 0.109 e. The van der Waals surface area contributed by atoms with Gasteiger partial charge in [-0.2, -0.15) is 5.10 Å². The van der Waals surface area contributed by atoms with Crippen LogP contribution in [0.5, 0.6) is 0 Å². The van der Waals surface area contributed by atoms with Crippen molar-refractivity contribution in [2.45, 2.75) is 13.5 Å². The van der Waals surface area contributed by atoms with Crippen LogP contribution in [-0.4, -0.2) is 14.8 Å². The molecule has 4 nitrogen and oxygen atoms in total. The zero-order chi connectivity index (χ0) is 14.7. The lowest BCUT2D eigenvalue weighted by molar-refractivity contribution is 0.880. The van der Waals surface area contributed by atoms with Crippen molar-refractivity contribution in [3.8, 4) is 5.69 Å². The summed E-state index contributed by atoms with van der Waals surface area (Å²) in [5.74, 6) is 0. The predicted molar refractivity (Wildman–Crippen MR) is 87.6 cm³/mol. The van der Waals surface area contributed by atoms with E-state index in [1.165, 1.54) is 0 Å². The quantitative estimate of drug-likeness (QED) is 0.730. The monoisotopic (exact) mass is 342 g/mol. The summed E-state index contributed by atoms with van der Waals surface area (Å²) in [6.07, 6.45) is 5.72. The first-order chi connectivity index (χ1) is 10.2. The number of hydrogen-bond acceptors (Lipinski definition) is 3. The summed E-state index contributed by atoms with van der Waals surface area (Å²) in [6, 6.07) is 12.1. The van der Waals surface area contributed by atoms with E-state index in [4.69, 9.17) is 0 Å². The third kappa shape index (κ3) is 3.31. The molecule has 0 radical (unpaired) electrons. The second kappa shape index (κ2) is 6.10. The minimum atomic E-state index is 0.718. The van der Waals surface area contributed by atoms with E-state index < -0.39 is 0 Å². The van der Waals surface area contributed by atoms with Gasteiger partial charge >= 0.3 is 0 Å². The number of pyridine rings is 1. The molecule has 1 aromatic carbocycles. The van der Waals surface area contributed by atoms with E-state index >= 15 is 0 Å². The minimum Gasteiger partial charge on any atom is -0.380 e. The van der Waals surface area contributed by atoms with E-state index in [9.17, 15) is 0 Å². The Bertz CT molecular complexity index is 737. The number of halogens is 1. The van der Waals surface area contributed by atoms with E-state index in [1.54, 1.807) is 0 Å². The highest BCUT2D eigenvalue weighted by Crippen LogP contribution is 2.17. The number of para-hydroxylation sites is 1. The van der Waals surface area contributed by atoms with Gasteiger partial charge in [-0.1, -0.05) is 18.2 Å². The van der Waals surface area contributed by atoms with E-state index in [0.717, 1.165) is 33.6 Å². The van der Waals surface area contributed by atoms with Gasteiger partial charge < -0.3 is 5.32 Å². The predicted octanol–water partition coefficient (Wildman–Crippen LogP) is 3.95. The molecule has 0 unspecified atom stereocenters. The number of aromatic nitrogens is 3. The van der Waals surface area contributed by atoms with Crippen LogP contribution in [0.15, 0.2) is 59.6 Å². The summed E-state index contributed by atoms with van der Waals surface area (Å²) >= 11 is 3.40. The molecular formula is C16H15BrN4. The normalized spacial score (nSPS) is 10.6. The highest BCUT2D eigenvalue weighted by molar-refractivity contribution is 9.10. The fourth-order valence-corrected chi connectivity index (χ4v) is 2.25. The van der Waals surface area contributed by atoms with Gasteiger partial charge in [0.2, 0.25) is 0 Å². The lowest BCUT2D eigenvalue weighted by atomic mass is 10.3. The van der Waals surface area contributed by atoms with Gasteiger partial charge in [0.25, 0.3) is 0 Å². The van der Waals surface area contributed by atoms with Crippen LogP contribution in [0.25, 0.3) is 5.69 Å². The van der Waals surface area contributed by atoms with Crippen molar-refractivity contribution in [3.63, 3.8) is 0 Å². The van der Waals surface area contributed by atoms with Crippen LogP contribution >= 0.6 is 15.9 Å². The molecule has 3 aromatic rings. The minimum absolute atomic E-state index is 0.718. The number of anilines is 1. The molecule has 106 valence electrons. The Hall–Kier alpha value is -2.14. The molecule has 0 saturated heterocycles. The number of nitrogens with zero attached hydrogens (tertiary/aromatic N) is 3. The van der Waals surface area contributed by atoms with Crippen LogP contribution in [0.1, 0.15) is 11.1 Å². The second-order valence-corrected chi connectivity index (χ2v) is 5.57. The van der Waals surface area contributed by atoms with Crippen molar-refractivity contribution in [2.75, 3.05) is 5.32 Å². The van der Waals surface area contributed by atoms with E-state index in [1.807, 2.05) is 60.5 Å². The third-order valence-corrected chi connectivity index (χ3v) is 4.00. The zero-order valence-electron chi connectivity index (χ0n) is 11.6. The van der Waals surface area contributed by atoms with Crippen LogP contribution in [-0.2, 0) is 6.54 Å². The first-order valence-electron chi connectivity index (χ1n) is 6.67. The molecule has 5 heteroatoms. The molecule has 0 fully saturated rings. The van der Waals surface area contributed by atoms with Crippen molar-refractivity contribution in [3.05, 3.63) is 70.7 Å². The summed E-state index contributed by atoms with van der Waals surface area (Å²) in [4.78, 5) is 4.28. The molecule has 2 aromatic heterocycles. The van der Waals surface area contributed by atoms with Gasteiger partial charge in [0.1, 0.15) is 4.60 Å². The topological polar surface area (TPSA) is 42.7 Å². The zero-order valence-corrected chi connectivity index (χ0v) is 13.2. The summed E-state index contributed by atoms with van der Waals surface area (Å²) in [6.45, 7) is 2.74. The number of benzene rings is 1. The van der Waals surface area contributed by atoms with Gasteiger partial charge in [-0.25, -0.2) is 9.67 Å². The maximum atomic E-state index is 4.38. The van der Waals surface area contributed by atoms with Crippen LogP contribution in [0.4, 0.5) is 5.69 Å². The first-order valence-corrected chi connectivity index (χ1v) is 7.46. The Balaban J connectivity index is 1.69. The highest BCUT2D eigenvalue weighted by Gasteiger charge is 2.02. The molecule has 3 rings (SSSR count). The molecule has 0 bridgehead atoms. The van der Waals surface area contributed by atoms with Crippen LogP contribution in [0, 0.1) is 6.92 Å². The van der Waals surface area contributed by atoms with Crippen molar-refractivity contribution >= 4 is 21.6 Å². The molecule has 0 atom stereocenters. The van der Waals surface area contributed by atoms with Gasteiger partial charge in [-0.15, -0.1) is 0 Å². The average molecular weight is 343 g/mol.